The topological polar surface area (TPSA) is 63.2 Å². The van der Waals surface area contributed by atoms with E-state index in [4.69, 9.17) is 4.74 Å². The van der Waals surface area contributed by atoms with Gasteiger partial charge in [-0.25, -0.2) is 0 Å². The van der Waals surface area contributed by atoms with Crippen LogP contribution in [0.2, 0.25) is 0 Å². The summed E-state index contributed by atoms with van der Waals surface area (Å²) in [5.41, 5.74) is 0.907. The fraction of sp³-hybridized carbons (Fsp3) is 0.471. The molecule has 1 N–H and O–H groups in total. The fourth-order valence-electron chi connectivity index (χ4n) is 2.31. The quantitative estimate of drug-likeness (QED) is 0.762. The number of hydrogen-bond acceptors (Lipinski definition) is 6. The summed E-state index contributed by atoms with van der Waals surface area (Å²) in [6, 6.07) is 7.72. The molecule has 0 radical (unpaired) electrons. The Morgan fingerprint density at radius 1 is 1.04 bits per heavy atom. The lowest BCUT2D eigenvalue weighted by Crippen LogP contribution is -2.26. The van der Waals surface area contributed by atoms with Crippen LogP contribution in [0.4, 0.5) is 17.5 Å². The van der Waals surface area contributed by atoms with E-state index in [0.29, 0.717) is 12.6 Å². The van der Waals surface area contributed by atoms with Crippen LogP contribution in [0.15, 0.2) is 30.5 Å². The van der Waals surface area contributed by atoms with Gasteiger partial charge in [0.1, 0.15) is 5.75 Å². The maximum atomic E-state index is 5.44. The van der Waals surface area contributed by atoms with E-state index >= 15 is 0 Å². The summed E-state index contributed by atoms with van der Waals surface area (Å²) in [6.07, 6.45) is 3.87. The smallest absolute Gasteiger partial charge is 0.249 e. The van der Waals surface area contributed by atoms with Gasteiger partial charge in [-0.05, 0) is 44.0 Å². The van der Waals surface area contributed by atoms with Gasteiger partial charge in [0.15, 0.2) is 5.82 Å². The molecule has 0 fully saturated rings. The summed E-state index contributed by atoms with van der Waals surface area (Å²) < 4.78 is 5.44. The Hall–Kier alpha value is -2.37. The number of rotatable bonds is 9. The van der Waals surface area contributed by atoms with E-state index in [2.05, 4.69) is 39.2 Å². The molecule has 1 aromatic heterocycles. The Labute approximate surface area is 137 Å². The molecule has 0 unspecified atom stereocenters. The first-order valence-corrected chi connectivity index (χ1v) is 8.21. The first kappa shape index (κ1) is 17.0. The lowest BCUT2D eigenvalue weighted by Gasteiger charge is -2.22. The minimum atomic E-state index is 0.504. The second-order valence-electron chi connectivity index (χ2n) is 5.21. The van der Waals surface area contributed by atoms with Gasteiger partial charge in [-0.15, -0.1) is 5.10 Å². The van der Waals surface area contributed by atoms with Crippen molar-refractivity contribution in [2.75, 3.05) is 29.9 Å². The molecule has 0 aliphatic carbocycles. The number of ether oxygens (including phenoxy) is 1. The molecule has 1 aromatic carbocycles. The van der Waals surface area contributed by atoms with E-state index in [-0.39, 0.29) is 0 Å². The molecule has 1 heterocycles. The van der Waals surface area contributed by atoms with E-state index in [1.165, 1.54) is 0 Å². The average molecular weight is 315 g/mol. The maximum Gasteiger partial charge on any atom is 0.249 e. The van der Waals surface area contributed by atoms with Gasteiger partial charge in [-0.3, -0.25) is 0 Å². The summed E-state index contributed by atoms with van der Waals surface area (Å²) in [4.78, 5) is 6.81. The molecular weight excluding hydrogens is 290 g/mol. The van der Waals surface area contributed by atoms with Gasteiger partial charge in [0.25, 0.3) is 0 Å². The molecular formula is C17H25N5O. The number of benzene rings is 1. The number of anilines is 3. The molecule has 0 bridgehead atoms. The molecule has 124 valence electrons. The van der Waals surface area contributed by atoms with Crippen molar-refractivity contribution in [3.63, 3.8) is 0 Å². The standard InChI is InChI=1S/C17H25N5O/c1-4-11-22(12-5-2)16-13-18-21-17(20-16)19-14-7-9-15(10-8-14)23-6-3/h7-10,13H,4-6,11-12H2,1-3H3,(H,19,20,21). The van der Waals surface area contributed by atoms with Gasteiger partial charge in [0.05, 0.1) is 12.8 Å². The van der Waals surface area contributed by atoms with Crippen molar-refractivity contribution in [3.8, 4) is 5.75 Å². The highest BCUT2D eigenvalue weighted by Gasteiger charge is 2.08. The van der Waals surface area contributed by atoms with Gasteiger partial charge < -0.3 is 15.0 Å². The minimum Gasteiger partial charge on any atom is -0.494 e. The molecule has 0 aliphatic heterocycles. The highest BCUT2D eigenvalue weighted by atomic mass is 16.5. The molecule has 0 atom stereocenters. The lowest BCUT2D eigenvalue weighted by atomic mass is 10.3. The van der Waals surface area contributed by atoms with E-state index in [1.807, 2.05) is 31.2 Å². The monoisotopic (exact) mass is 315 g/mol. The van der Waals surface area contributed by atoms with Crippen molar-refractivity contribution in [3.05, 3.63) is 30.5 Å². The van der Waals surface area contributed by atoms with Crippen molar-refractivity contribution in [1.82, 2.24) is 15.2 Å². The zero-order chi connectivity index (χ0) is 16.5. The highest BCUT2D eigenvalue weighted by Crippen LogP contribution is 2.19. The van der Waals surface area contributed by atoms with Crippen LogP contribution in [0.3, 0.4) is 0 Å². The van der Waals surface area contributed by atoms with Crippen molar-refractivity contribution in [1.29, 1.82) is 0 Å². The van der Waals surface area contributed by atoms with E-state index in [1.54, 1.807) is 6.20 Å². The average Bonchev–Trinajstić information content (AvgIpc) is 2.57. The Kier molecular flexibility index (Phi) is 6.59. The molecule has 0 saturated heterocycles. The van der Waals surface area contributed by atoms with Gasteiger partial charge >= 0.3 is 0 Å². The third-order valence-corrected chi connectivity index (χ3v) is 3.28. The van der Waals surface area contributed by atoms with E-state index in [9.17, 15) is 0 Å². The second-order valence-corrected chi connectivity index (χ2v) is 5.21. The van der Waals surface area contributed by atoms with Crippen molar-refractivity contribution in [2.45, 2.75) is 33.6 Å². The van der Waals surface area contributed by atoms with Crippen LogP contribution in [0.5, 0.6) is 5.75 Å². The molecule has 23 heavy (non-hydrogen) atoms. The normalized spacial score (nSPS) is 10.4. The first-order chi connectivity index (χ1) is 11.3. The van der Waals surface area contributed by atoms with Crippen LogP contribution in [0.25, 0.3) is 0 Å². The molecule has 0 spiro atoms. The summed E-state index contributed by atoms with van der Waals surface area (Å²) in [5, 5.41) is 11.3. The van der Waals surface area contributed by atoms with Gasteiger partial charge in [0.2, 0.25) is 5.95 Å². The summed E-state index contributed by atoms with van der Waals surface area (Å²) in [5.74, 6) is 2.21. The Bertz CT molecular complexity index is 582. The maximum absolute atomic E-state index is 5.44. The molecule has 6 heteroatoms. The van der Waals surface area contributed by atoms with Gasteiger partial charge in [-0.1, -0.05) is 13.8 Å². The summed E-state index contributed by atoms with van der Waals surface area (Å²) >= 11 is 0. The van der Waals surface area contributed by atoms with Crippen LogP contribution >= 0.6 is 0 Å². The van der Waals surface area contributed by atoms with E-state index in [0.717, 1.165) is 43.2 Å². The lowest BCUT2D eigenvalue weighted by molar-refractivity contribution is 0.340. The highest BCUT2D eigenvalue weighted by molar-refractivity contribution is 5.55. The molecule has 0 saturated carbocycles. The van der Waals surface area contributed by atoms with Crippen LogP contribution in [-0.2, 0) is 0 Å². The summed E-state index contributed by atoms with van der Waals surface area (Å²) in [6.45, 7) is 8.89. The zero-order valence-electron chi connectivity index (χ0n) is 14.1. The van der Waals surface area contributed by atoms with Crippen LogP contribution in [0, 0.1) is 0 Å². The molecule has 0 aliphatic rings. The number of nitrogens with zero attached hydrogens (tertiary/aromatic N) is 4. The van der Waals surface area contributed by atoms with Gasteiger partial charge in [-0.2, -0.15) is 10.1 Å². The molecule has 2 rings (SSSR count). The largest absolute Gasteiger partial charge is 0.494 e. The van der Waals surface area contributed by atoms with Crippen LogP contribution < -0.4 is 15.0 Å². The third-order valence-electron chi connectivity index (χ3n) is 3.28. The minimum absolute atomic E-state index is 0.504. The van der Waals surface area contributed by atoms with Gasteiger partial charge in [0, 0.05) is 18.8 Å². The Morgan fingerprint density at radius 3 is 2.35 bits per heavy atom. The van der Waals surface area contributed by atoms with Crippen LogP contribution in [0.1, 0.15) is 33.6 Å². The predicted octanol–water partition coefficient (Wildman–Crippen LogP) is 3.64. The zero-order valence-corrected chi connectivity index (χ0v) is 14.1. The third kappa shape index (κ3) is 5.09. The Morgan fingerprint density at radius 2 is 1.74 bits per heavy atom. The molecule has 6 nitrogen and oxygen atoms in total. The van der Waals surface area contributed by atoms with Crippen LogP contribution in [-0.4, -0.2) is 34.9 Å². The second kappa shape index (κ2) is 8.92. The predicted molar refractivity (Wildman–Crippen MR) is 93.5 cm³/mol. The Balaban J connectivity index is 2.09. The van der Waals surface area contributed by atoms with Crippen molar-refractivity contribution in [2.24, 2.45) is 0 Å². The molecule has 0 amide bonds. The number of nitrogens with one attached hydrogen (secondary N) is 1. The first-order valence-electron chi connectivity index (χ1n) is 8.21. The van der Waals surface area contributed by atoms with E-state index < -0.39 is 0 Å². The molecule has 2 aromatic rings. The summed E-state index contributed by atoms with van der Waals surface area (Å²) in [7, 11) is 0. The van der Waals surface area contributed by atoms with Crippen molar-refractivity contribution < 1.29 is 4.74 Å². The number of aromatic nitrogens is 3. The van der Waals surface area contributed by atoms with Crippen molar-refractivity contribution >= 4 is 17.5 Å². The number of hydrogen-bond donors (Lipinski definition) is 1. The fourth-order valence-corrected chi connectivity index (χ4v) is 2.31. The SMILES string of the molecule is CCCN(CCC)c1cnnc(Nc2ccc(OCC)cc2)n1.